The van der Waals surface area contributed by atoms with E-state index < -0.39 is 0 Å². The molecule has 0 bridgehead atoms. The zero-order valence-corrected chi connectivity index (χ0v) is 14.6. The largest absolute Gasteiger partial charge is 0.381 e. The molecule has 1 aliphatic rings. The molecule has 4 nitrogen and oxygen atoms in total. The third-order valence-corrected chi connectivity index (χ3v) is 5.04. The third kappa shape index (κ3) is 4.18. The van der Waals surface area contributed by atoms with Crippen molar-refractivity contribution in [3.05, 3.63) is 36.0 Å². The number of likely N-dealkylation sites (tertiary alicyclic amines) is 1. The molecule has 0 unspecified atom stereocenters. The number of H-pyrrole nitrogens is 1. The van der Waals surface area contributed by atoms with Crippen molar-refractivity contribution in [3.8, 4) is 0 Å². The van der Waals surface area contributed by atoms with Crippen LogP contribution in [-0.2, 0) is 16.0 Å². The zero-order valence-electron chi connectivity index (χ0n) is 14.6. The van der Waals surface area contributed by atoms with E-state index >= 15 is 0 Å². The second-order valence-electron chi connectivity index (χ2n) is 6.70. The Bertz CT molecular complexity index is 656. The second-order valence-corrected chi connectivity index (χ2v) is 6.70. The van der Waals surface area contributed by atoms with Gasteiger partial charge in [0.1, 0.15) is 0 Å². The van der Waals surface area contributed by atoms with Crippen molar-refractivity contribution in [2.45, 2.75) is 39.0 Å². The van der Waals surface area contributed by atoms with Gasteiger partial charge in [0.05, 0.1) is 0 Å². The number of carbonyl (C=O) groups excluding carboxylic acids is 1. The van der Waals surface area contributed by atoms with Gasteiger partial charge in [-0.05, 0) is 50.2 Å². The van der Waals surface area contributed by atoms with Crippen LogP contribution in [0.3, 0.4) is 0 Å². The molecule has 4 heteroatoms. The van der Waals surface area contributed by atoms with E-state index in [1.54, 1.807) is 0 Å². The van der Waals surface area contributed by atoms with Gasteiger partial charge in [0.15, 0.2) is 0 Å². The van der Waals surface area contributed by atoms with E-state index in [-0.39, 0.29) is 0 Å². The Morgan fingerprint density at radius 1 is 1.29 bits per heavy atom. The van der Waals surface area contributed by atoms with Crippen molar-refractivity contribution >= 4 is 16.8 Å². The van der Waals surface area contributed by atoms with Crippen molar-refractivity contribution < 1.29 is 9.53 Å². The maximum atomic E-state index is 12.4. The molecule has 1 saturated heterocycles. The summed E-state index contributed by atoms with van der Waals surface area (Å²) in [6.45, 7) is 5.45. The molecule has 1 aromatic carbocycles. The van der Waals surface area contributed by atoms with Gasteiger partial charge in [-0.3, -0.25) is 4.79 Å². The minimum Gasteiger partial charge on any atom is -0.381 e. The van der Waals surface area contributed by atoms with Crippen molar-refractivity contribution in [1.82, 2.24) is 9.88 Å². The van der Waals surface area contributed by atoms with Crippen LogP contribution in [0.2, 0.25) is 0 Å². The van der Waals surface area contributed by atoms with Crippen molar-refractivity contribution in [1.29, 1.82) is 0 Å². The molecule has 2 heterocycles. The highest BCUT2D eigenvalue weighted by Crippen LogP contribution is 2.21. The normalized spacial score (nSPS) is 16.0. The van der Waals surface area contributed by atoms with Gasteiger partial charge < -0.3 is 14.6 Å². The minimum absolute atomic E-state index is 0.310. The van der Waals surface area contributed by atoms with Crippen LogP contribution in [0, 0.1) is 5.92 Å². The number of ether oxygens (including phenoxy) is 1. The molecule has 0 spiro atoms. The molecular formula is C20H28N2O2. The quantitative estimate of drug-likeness (QED) is 0.841. The highest BCUT2D eigenvalue weighted by Gasteiger charge is 2.22. The standard InChI is InChI=1S/C20H28N2O2/c1-2-24-15-16-10-12-22(13-11-16)20(23)9-5-6-17-14-21-19-8-4-3-7-18(17)19/h3-4,7-8,14,16,21H,2,5-6,9-13,15H2,1H3. The number of para-hydroxylation sites is 1. The molecule has 1 aliphatic heterocycles. The van der Waals surface area contributed by atoms with Crippen LogP contribution in [0.15, 0.2) is 30.5 Å². The SMILES string of the molecule is CCOCC1CCN(C(=O)CCCc2c[nH]c3ccccc23)CC1. The van der Waals surface area contributed by atoms with Gasteiger partial charge in [0.2, 0.25) is 5.91 Å². The van der Waals surface area contributed by atoms with Crippen LogP contribution in [0.1, 0.15) is 38.2 Å². The number of aromatic nitrogens is 1. The fourth-order valence-electron chi connectivity index (χ4n) is 3.56. The van der Waals surface area contributed by atoms with Crippen molar-refractivity contribution in [2.24, 2.45) is 5.92 Å². The molecule has 1 aromatic heterocycles. The summed E-state index contributed by atoms with van der Waals surface area (Å²) in [5.41, 5.74) is 2.49. The van der Waals surface area contributed by atoms with E-state index in [2.05, 4.69) is 29.4 Å². The van der Waals surface area contributed by atoms with Crippen LogP contribution in [0.4, 0.5) is 0 Å². The molecule has 130 valence electrons. The van der Waals surface area contributed by atoms with Crippen molar-refractivity contribution in [3.63, 3.8) is 0 Å². The Kier molecular flexibility index (Phi) is 5.91. The lowest BCUT2D eigenvalue weighted by atomic mass is 9.97. The molecule has 1 N–H and O–H groups in total. The molecule has 0 radical (unpaired) electrons. The number of fused-ring (bicyclic) bond motifs is 1. The van der Waals surface area contributed by atoms with Gasteiger partial charge in [0, 0.05) is 49.8 Å². The average Bonchev–Trinajstić information content (AvgIpc) is 3.03. The number of amides is 1. The first-order valence-electron chi connectivity index (χ1n) is 9.18. The van der Waals surface area contributed by atoms with Gasteiger partial charge in [-0.2, -0.15) is 0 Å². The molecule has 24 heavy (non-hydrogen) atoms. The summed E-state index contributed by atoms with van der Waals surface area (Å²) in [5, 5.41) is 1.28. The first-order chi connectivity index (χ1) is 11.8. The van der Waals surface area contributed by atoms with Crippen LogP contribution in [0.5, 0.6) is 0 Å². The molecule has 0 atom stereocenters. The maximum absolute atomic E-state index is 12.4. The van der Waals surface area contributed by atoms with Gasteiger partial charge in [-0.25, -0.2) is 0 Å². The summed E-state index contributed by atoms with van der Waals surface area (Å²) in [6.07, 6.45) is 6.75. The van der Waals surface area contributed by atoms with E-state index in [0.717, 1.165) is 52.0 Å². The summed E-state index contributed by atoms with van der Waals surface area (Å²) >= 11 is 0. The second kappa shape index (κ2) is 8.34. The van der Waals surface area contributed by atoms with Gasteiger partial charge in [-0.15, -0.1) is 0 Å². The fourth-order valence-corrected chi connectivity index (χ4v) is 3.56. The summed E-state index contributed by atoms with van der Waals surface area (Å²) in [7, 11) is 0. The predicted molar refractivity (Wildman–Crippen MR) is 97.0 cm³/mol. The number of carbonyl (C=O) groups is 1. The van der Waals surface area contributed by atoms with Crippen LogP contribution in [-0.4, -0.2) is 42.1 Å². The number of nitrogens with one attached hydrogen (secondary N) is 1. The number of aryl methyl sites for hydroxylation is 1. The number of hydrogen-bond acceptors (Lipinski definition) is 2. The number of aromatic amines is 1. The third-order valence-electron chi connectivity index (χ3n) is 5.04. The first-order valence-corrected chi connectivity index (χ1v) is 9.18. The maximum Gasteiger partial charge on any atom is 0.222 e. The number of nitrogens with zero attached hydrogens (tertiary/aromatic N) is 1. The highest BCUT2D eigenvalue weighted by molar-refractivity contribution is 5.83. The smallest absolute Gasteiger partial charge is 0.222 e. The van der Waals surface area contributed by atoms with Crippen LogP contribution >= 0.6 is 0 Å². The average molecular weight is 328 g/mol. The van der Waals surface area contributed by atoms with Crippen LogP contribution < -0.4 is 0 Å². The minimum atomic E-state index is 0.310. The zero-order chi connectivity index (χ0) is 16.8. The predicted octanol–water partition coefficient (Wildman–Crippen LogP) is 3.77. The topological polar surface area (TPSA) is 45.3 Å². The van der Waals surface area contributed by atoms with E-state index in [1.807, 2.05) is 17.9 Å². The number of hydrogen-bond donors (Lipinski definition) is 1. The highest BCUT2D eigenvalue weighted by atomic mass is 16.5. The molecule has 0 aliphatic carbocycles. The molecule has 3 rings (SSSR count). The van der Waals surface area contributed by atoms with E-state index in [1.165, 1.54) is 16.5 Å². The number of benzene rings is 1. The van der Waals surface area contributed by atoms with Gasteiger partial charge in [-0.1, -0.05) is 18.2 Å². The molecule has 2 aromatic rings. The molecule has 1 fully saturated rings. The van der Waals surface area contributed by atoms with E-state index in [9.17, 15) is 4.79 Å². The number of rotatable bonds is 7. The van der Waals surface area contributed by atoms with Gasteiger partial charge in [0.25, 0.3) is 0 Å². The lowest BCUT2D eigenvalue weighted by molar-refractivity contribution is -0.133. The van der Waals surface area contributed by atoms with Crippen molar-refractivity contribution in [2.75, 3.05) is 26.3 Å². The van der Waals surface area contributed by atoms with Crippen LogP contribution in [0.25, 0.3) is 10.9 Å². The first kappa shape index (κ1) is 17.0. The Labute approximate surface area is 144 Å². The van der Waals surface area contributed by atoms with E-state index in [0.29, 0.717) is 18.2 Å². The molecular weight excluding hydrogens is 300 g/mol. The fraction of sp³-hybridized carbons (Fsp3) is 0.550. The summed E-state index contributed by atoms with van der Waals surface area (Å²) < 4.78 is 5.50. The monoisotopic (exact) mass is 328 g/mol. The Hall–Kier alpha value is -1.81. The Morgan fingerprint density at radius 2 is 2.08 bits per heavy atom. The lowest BCUT2D eigenvalue weighted by Crippen LogP contribution is -2.39. The Morgan fingerprint density at radius 3 is 2.88 bits per heavy atom. The molecule has 1 amide bonds. The van der Waals surface area contributed by atoms with Gasteiger partial charge >= 0.3 is 0 Å². The van der Waals surface area contributed by atoms with E-state index in [4.69, 9.17) is 4.74 Å². The summed E-state index contributed by atoms with van der Waals surface area (Å²) in [5.74, 6) is 0.935. The lowest BCUT2D eigenvalue weighted by Gasteiger charge is -2.32. The Balaban J connectivity index is 1.42. The molecule has 0 saturated carbocycles. The summed E-state index contributed by atoms with van der Waals surface area (Å²) in [6, 6.07) is 8.35. The number of piperidine rings is 1. The summed E-state index contributed by atoms with van der Waals surface area (Å²) in [4.78, 5) is 17.7.